The van der Waals surface area contributed by atoms with Crippen molar-refractivity contribution in [2.75, 3.05) is 6.61 Å². The topological polar surface area (TPSA) is 71.1 Å². The smallest absolute Gasteiger partial charge is 0.339 e. The zero-order valence-electron chi connectivity index (χ0n) is 16.3. The maximum atomic E-state index is 12.6. The van der Waals surface area contributed by atoms with Gasteiger partial charge in [-0.25, -0.2) is 4.79 Å². The molecule has 0 spiro atoms. The number of para-hydroxylation sites is 2. The largest absolute Gasteiger partial charge is 0.691 e. The van der Waals surface area contributed by atoms with E-state index in [0.29, 0.717) is 22.5 Å². The predicted molar refractivity (Wildman–Crippen MR) is 108 cm³/mol. The fourth-order valence-electron chi connectivity index (χ4n) is 3.19. The molecule has 0 radical (unpaired) electrons. The number of benzene rings is 2. The normalized spacial score (nSPS) is 11.0. The van der Waals surface area contributed by atoms with Gasteiger partial charge in [0.05, 0.1) is 13.0 Å². The van der Waals surface area contributed by atoms with Crippen molar-refractivity contribution in [2.45, 2.75) is 51.9 Å². The second-order valence-corrected chi connectivity index (χ2v) is 6.99. The molecule has 0 aliphatic rings. The van der Waals surface area contributed by atoms with Crippen LogP contribution in [0.2, 0.25) is 0 Å². The van der Waals surface area contributed by atoms with Gasteiger partial charge in [-0.05, 0) is 36.2 Å². The summed E-state index contributed by atoms with van der Waals surface area (Å²) in [5, 5.41) is 15.6. The molecule has 2 aromatic carbocycles. The van der Waals surface area contributed by atoms with Crippen molar-refractivity contribution >= 4 is 16.9 Å². The van der Waals surface area contributed by atoms with E-state index in [9.17, 15) is 10.0 Å². The third kappa shape index (κ3) is 5.09. The molecule has 0 saturated carbocycles. The van der Waals surface area contributed by atoms with Crippen LogP contribution in [0.15, 0.2) is 48.5 Å². The highest BCUT2D eigenvalue weighted by Gasteiger charge is 2.21. The highest BCUT2D eigenvalue weighted by molar-refractivity contribution is 5.88. The summed E-state index contributed by atoms with van der Waals surface area (Å²) in [5.41, 5.74) is 1.75. The van der Waals surface area contributed by atoms with E-state index in [1.807, 2.05) is 24.3 Å². The molecule has 3 rings (SSSR count). The highest BCUT2D eigenvalue weighted by atomic mass is 16.5. The average Bonchev–Trinajstić information content (AvgIpc) is 3.06. The van der Waals surface area contributed by atoms with E-state index in [2.05, 4.69) is 12.1 Å². The van der Waals surface area contributed by atoms with Crippen molar-refractivity contribution in [1.29, 1.82) is 0 Å². The van der Waals surface area contributed by atoms with Crippen LogP contribution in [0.3, 0.4) is 0 Å². The molecule has 6 nitrogen and oxygen atoms in total. The van der Waals surface area contributed by atoms with Crippen LogP contribution in [0.25, 0.3) is 11.0 Å². The zero-order chi connectivity index (χ0) is 19.8. The number of hydrogen-bond donors (Lipinski definition) is 0. The summed E-state index contributed by atoms with van der Waals surface area (Å²) in [6.07, 6.45) is 7.57. The van der Waals surface area contributed by atoms with Crippen molar-refractivity contribution in [3.63, 3.8) is 0 Å². The van der Waals surface area contributed by atoms with Crippen molar-refractivity contribution in [3.05, 3.63) is 59.3 Å². The van der Waals surface area contributed by atoms with Crippen LogP contribution in [0, 0.1) is 5.21 Å². The number of carbonyl (C=O) groups excluding carboxylic acids is 1. The van der Waals surface area contributed by atoms with Crippen LogP contribution in [0.5, 0.6) is 5.75 Å². The zero-order valence-corrected chi connectivity index (χ0v) is 16.3. The SMILES string of the molecule is CCCCCCCCOc1ccc(CC(=O)n2n[n+]([O-])c3ccccc32)cc1. The molecule has 28 heavy (non-hydrogen) atoms. The first-order chi connectivity index (χ1) is 13.7. The Morgan fingerprint density at radius 3 is 2.54 bits per heavy atom. The maximum Gasteiger partial charge on any atom is 0.339 e. The summed E-state index contributed by atoms with van der Waals surface area (Å²) in [6, 6.07) is 14.4. The number of rotatable bonds is 10. The van der Waals surface area contributed by atoms with Gasteiger partial charge in [0.15, 0.2) is 0 Å². The van der Waals surface area contributed by atoms with Crippen LogP contribution < -0.4 is 9.58 Å². The molecule has 1 heterocycles. The Morgan fingerprint density at radius 2 is 1.75 bits per heavy atom. The Hall–Kier alpha value is -2.89. The Balaban J connectivity index is 1.50. The maximum absolute atomic E-state index is 12.6. The molecule has 0 fully saturated rings. The molecule has 0 saturated heterocycles. The van der Waals surface area contributed by atoms with Gasteiger partial charge < -0.3 is 9.94 Å². The van der Waals surface area contributed by atoms with Gasteiger partial charge in [0.1, 0.15) is 11.0 Å². The third-order valence-electron chi connectivity index (χ3n) is 4.77. The van der Waals surface area contributed by atoms with E-state index >= 15 is 0 Å². The molecule has 0 atom stereocenters. The predicted octanol–water partition coefficient (Wildman–Crippen LogP) is 4.29. The van der Waals surface area contributed by atoms with Crippen molar-refractivity contribution in [1.82, 2.24) is 9.90 Å². The Morgan fingerprint density at radius 1 is 1.04 bits per heavy atom. The molecule has 148 valence electrons. The number of nitrogens with zero attached hydrogens (tertiary/aromatic N) is 3. The molecule has 1 aromatic heterocycles. The molecule has 0 unspecified atom stereocenters. The lowest BCUT2D eigenvalue weighted by Gasteiger charge is -2.07. The summed E-state index contributed by atoms with van der Waals surface area (Å²) in [5.74, 6) is 0.568. The number of unbranched alkanes of at least 4 members (excludes halogenated alkanes) is 5. The molecular formula is C22H27N3O3. The van der Waals surface area contributed by atoms with E-state index in [1.54, 1.807) is 24.3 Å². The standard InChI is InChI=1S/C22H27N3O3/c1-2-3-4-5-6-9-16-28-19-14-12-18(13-15-19)17-22(26)24-20-10-7-8-11-21(20)25(27)23-24/h7-8,10-15H,2-6,9,16-17H2,1H3. The number of carbonyl (C=O) groups is 1. The lowest BCUT2D eigenvalue weighted by atomic mass is 10.1. The van der Waals surface area contributed by atoms with Gasteiger partial charge >= 0.3 is 5.91 Å². The minimum absolute atomic E-state index is 0.170. The fraction of sp³-hybridized carbons (Fsp3) is 0.409. The summed E-state index contributed by atoms with van der Waals surface area (Å²) in [6.45, 7) is 2.94. The minimum atomic E-state index is -0.244. The van der Waals surface area contributed by atoms with E-state index in [0.717, 1.165) is 17.7 Å². The summed E-state index contributed by atoms with van der Waals surface area (Å²) >= 11 is 0. The lowest BCUT2D eigenvalue weighted by molar-refractivity contribution is -0.645. The first kappa shape index (κ1) is 19.9. The van der Waals surface area contributed by atoms with Crippen LogP contribution in [0.1, 0.15) is 55.8 Å². The molecular weight excluding hydrogens is 354 g/mol. The lowest BCUT2D eigenvalue weighted by Crippen LogP contribution is -2.31. The van der Waals surface area contributed by atoms with E-state index < -0.39 is 0 Å². The van der Waals surface area contributed by atoms with E-state index in [-0.39, 0.29) is 12.3 Å². The Kier molecular flexibility index (Phi) is 7.00. The molecule has 0 bridgehead atoms. The Labute approximate surface area is 165 Å². The number of hydrogen-bond acceptors (Lipinski definition) is 4. The van der Waals surface area contributed by atoms with Gasteiger partial charge in [-0.2, -0.15) is 0 Å². The minimum Gasteiger partial charge on any atom is -0.691 e. The summed E-state index contributed by atoms with van der Waals surface area (Å²) in [7, 11) is 0. The first-order valence-electron chi connectivity index (χ1n) is 10.0. The average molecular weight is 381 g/mol. The van der Waals surface area contributed by atoms with E-state index in [4.69, 9.17) is 4.74 Å². The molecule has 0 N–H and O–H groups in total. The number of aromatic nitrogens is 3. The second-order valence-electron chi connectivity index (χ2n) is 6.99. The number of ether oxygens (including phenoxy) is 1. The van der Waals surface area contributed by atoms with Crippen molar-refractivity contribution in [3.8, 4) is 5.75 Å². The van der Waals surface area contributed by atoms with Crippen LogP contribution in [0.4, 0.5) is 0 Å². The molecule has 3 aromatic rings. The summed E-state index contributed by atoms with van der Waals surface area (Å²) in [4.78, 5) is 13.0. The van der Waals surface area contributed by atoms with Crippen LogP contribution >= 0.6 is 0 Å². The van der Waals surface area contributed by atoms with Crippen molar-refractivity contribution in [2.24, 2.45) is 0 Å². The first-order valence-corrected chi connectivity index (χ1v) is 10.0. The van der Waals surface area contributed by atoms with Crippen LogP contribution in [-0.4, -0.2) is 22.4 Å². The van der Waals surface area contributed by atoms with Gasteiger partial charge in [-0.3, -0.25) is 0 Å². The monoisotopic (exact) mass is 381 g/mol. The number of fused-ring (bicyclic) bond motifs is 1. The van der Waals surface area contributed by atoms with Crippen LogP contribution in [-0.2, 0) is 6.42 Å². The molecule has 6 heteroatoms. The second kappa shape index (κ2) is 9.88. The fourth-order valence-corrected chi connectivity index (χ4v) is 3.19. The Bertz CT molecular complexity index is 903. The third-order valence-corrected chi connectivity index (χ3v) is 4.77. The highest BCUT2D eigenvalue weighted by Crippen LogP contribution is 2.15. The molecule has 0 amide bonds. The van der Waals surface area contributed by atoms with Gasteiger partial charge in [-0.1, -0.05) is 68.0 Å². The van der Waals surface area contributed by atoms with Gasteiger partial charge in [0, 0.05) is 0 Å². The van der Waals surface area contributed by atoms with E-state index in [1.165, 1.54) is 36.8 Å². The molecule has 0 aliphatic heterocycles. The van der Waals surface area contributed by atoms with Gasteiger partial charge in [0.25, 0.3) is 0 Å². The van der Waals surface area contributed by atoms with Crippen molar-refractivity contribution < 1.29 is 14.4 Å². The summed E-state index contributed by atoms with van der Waals surface area (Å²) < 4.78 is 6.94. The quantitative estimate of drug-likeness (QED) is 0.298. The van der Waals surface area contributed by atoms with Gasteiger partial charge in [-0.15, -0.1) is 4.85 Å². The van der Waals surface area contributed by atoms with Gasteiger partial charge in [0.2, 0.25) is 11.0 Å². The molecule has 0 aliphatic carbocycles.